The van der Waals surface area contributed by atoms with Crippen molar-refractivity contribution in [2.45, 2.75) is 25.3 Å². The van der Waals surface area contributed by atoms with Gasteiger partial charge in [0.25, 0.3) is 5.69 Å². The molecule has 0 aromatic heterocycles. The van der Waals surface area contributed by atoms with Crippen molar-refractivity contribution in [3.8, 4) is 0 Å². The van der Waals surface area contributed by atoms with Crippen LogP contribution >= 0.6 is 15.9 Å². The first-order chi connectivity index (χ1) is 11.4. The number of carboxylic acids is 1. The van der Waals surface area contributed by atoms with Crippen molar-refractivity contribution in [1.29, 1.82) is 0 Å². The molecular formula is C15H16BrN3O5. The minimum absolute atomic E-state index is 0.00784. The van der Waals surface area contributed by atoms with E-state index in [1.165, 1.54) is 12.1 Å². The number of anilines is 1. The van der Waals surface area contributed by atoms with Gasteiger partial charge in [0.15, 0.2) is 0 Å². The predicted octanol–water partition coefficient (Wildman–Crippen LogP) is 2.16. The number of aromatic carboxylic acids is 1. The van der Waals surface area contributed by atoms with Crippen molar-refractivity contribution in [3.05, 3.63) is 32.3 Å². The molecule has 1 aromatic rings. The molecule has 0 spiro atoms. The zero-order chi connectivity index (χ0) is 17.4. The smallest absolute Gasteiger partial charge is 0.342 e. The quantitative estimate of drug-likeness (QED) is 0.581. The van der Waals surface area contributed by atoms with E-state index in [-0.39, 0.29) is 23.4 Å². The molecule has 1 aliphatic carbocycles. The normalized spacial score (nSPS) is 20.0. The highest BCUT2D eigenvalue weighted by Crippen LogP contribution is 2.35. The summed E-state index contributed by atoms with van der Waals surface area (Å²) < 4.78 is 0.466. The Balaban J connectivity index is 1.79. The van der Waals surface area contributed by atoms with Crippen molar-refractivity contribution in [1.82, 2.24) is 5.32 Å². The van der Waals surface area contributed by atoms with E-state index in [9.17, 15) is 24.8 Å². The molecule has 128 valence electrons. The number of halogens is 1. The molecule has 2 aliphatic rings. The Morgan fingerprint density at radius 1 is 1.33 bits per heavy atom. The molecule has 1 aliphatic heterocycles. The average molecular weight is 398 g/mol. The second kappa shape index (κ2) is 6.39. The van der Waals surface area contributed by atoms with Crippen LogP contribution in [0.25, 0.3) is 0 Å². The van der Waals surface area contributed by atoms with Gasteiger partial charge in [-0.25, -0.2) is 4.79 Å². The molecule has 1 heterocycles. The molecule has 0 bridgehead atoms. The first-order valence-electron chi connectivity index (χ1n) is 7.63. The lowest BCUT2D eigenvalue weighted by Crippen LogP contribution is -2.38. The predicted molar refractivity (Wildman–Crippen MR) is 89.2 cm³/mol. The minimum Gasteiger partial charge on any atom is -0.477 e. The summed E-state index contributed by atoms with van der Waals surface area (Å²) in [6, 6.07) is 2.54. The van der Waals surface area contributed by atoms with E-state index in [1.807, 2.05) is 4.90 Å². The summed E-state index contributed by atoms with van der Waals surface area (Å²) in [6.07, 6.45) is 2.64. The third-order valence-corrected chi connectivity index (χ3v) is 4.95. The number of benzene rings is 1. The van der Waals surface area contributed by atoms with Crippen molar-refractivity contribution < 1.29 is 19.6 Å². The Hall–Kier alpha value is -2.16. The van der Waals surface area contributed by atoms with Gasteiger partial charge in [0.2, 0.25) is 5.91 Å². The van der Waals surface area contributed by atoms with Gasteiger partial charge in [-0.15, -0.1) is 0 Å². The number of nitro benzene ring substituents is 1. The zero-order valence-electron chi connectivity index (χ0n) is 12.7. The molecule has 1 saturated heterocycles. The maximum Gasteiger partial charge on any atom is 0.342 e. The van der Waals surface area contributed by atoms with E-state index in [0.717, 1.165) is 19.3 Å². The molecule has 1 saturated carbocycles. The van der Waals surface area contributed by atoms with Crippen LogP contribution in [0.2, 0.25) is 0 Å². The molecule has 2 N–H and O–H groups in total. The number of carbonyl (C=O) groups excluding carboxylic acids is 1. The van der Waals surface area contributed by atoms with E-state index in [2.05, 4.69) is 21.2 Å². The number of hydrogen-bond acceptors (Lipinski definition) is 5. The first kappa shape index (κ1) is 16.7. The van der Waals surface area contributed by atoms with Crippen LogP contribution < -0.4 is 10.2 Å². The second-order valence-corrected chi connectivity index (χ2v) is 6.95. The summed E-state index contributed by atoms with van der Waals surface area (Å²) in [6.45, 7) is 1.19. The summed E-state index contributed by atoms with van der Waals surface area (Å²) >= 11 is 3.29. The van der Waals surface area contributed by atoms with Gasteiger partial charge < -0.3 is 15.3 Å². The lowest BCUT2D eigenvalue weighted by Gasteiger charge is -2.21. The molecule has 1 amide bonds. The Bertz CT molecular complexity index is 719. The third kappa shape index (κ3) is 3.35. The Morgan fingerprint density at radius 3 is 2.62 bits per heavy atom. The van der Waals surface area contributed by atoms with Gasteiger partial charge in [-0.2, -0.15) is 0 Å². The van der Waals surface area contributed by atoms with E-state index >= 15 is 0 Å². The van der Waals surface area contributed by atoms with Crippen molar-refractivity contribution in [2.75, 3.05) is 18.0 Å². The molecule has 8 nitrogen and oxygen atoms in total. The second-order valence-electron chi connectivity index (χ2n) is 6.10. The first-order valence-corrected chi connectivity index (χ1v) is 8.42. The van der Waals surface area contributed by atoms with Gasteiger partial charge in [-0.3, -0.25) is 14.9 Å². The molecule has 24 heavy (non-hydrogen) atoms. The summed E-state index contributed by atoms with van der Waals surface area (Å²) in [4.78, 5) is 35.4. The van der Waals surface area contributed by atoms with Crippen LogP contribution in [-0.4, -0.2) is 41.0 Å². The number of rotatable bonds is 5. The number of nitrogens with zero attached hydrogens (tertiary/aromatic N) is 2. The molecule has 3 rings (SSSR count). The highest BCUT2D eigenvalue weighted by atomic mass is 79.9. The van der Waals surface area contributed by atoms with Gasteiger partial charge in [0.05, 0.1) is 10.6 Å². The van der Waals surface area contributed by atoms with Gasteiger partial charge in [0.1, 0.15) is 5.56 Å². The van der Waals surface area contributed by atoms with Gasteiger partial charge >= 0.3 is 5.97 Å². The SMILES string of the molecule is O=C(O)c1cc(N2CC[C@H](NC(=O)C3CC3)C2)c(Br)cc1[N+](=O)[O-]. The van der Waals surface area contributed by atoms with Crippen LogP contribution in [0, 0.1) is 16.0 Å². The van der Waals surface area contributed by atoms with Crippen molar-refractivity contribution in [2.24, 2.45) is 5.92 Å². The Kier molecular flexibility index (Phi) is 4.44. The number of nitro groups is 1. The third-order valence-electron chi connectivity index (χ3n) is 4.32. The topological polar surface area (TPSA) is 113 Å². The minimum atomic E-state index is -1.34. The van der Waals surface area contributed by atoms with Crippen LogP contribution in [0.3, 0.4) is 0 Å². The molecular weight excluding hydrogens is 382 g/mol. The molecule has 0 unspecified atom stereocenters. The zero-order valence-corrected chi connectivity index (χ0v) is 14.3. The Morgan fingerprint density at radius 2 is 2.04 bits per heavy atom. The maximum absolute atomic E-state index is 11.8. The number of amides is 1. The van der Waals surface area contributed by atoms with Crippen LogP contribution in [-0.2, 0) is 4.79 Å². The van der Waals surface area contributed by atoms with E-state index in [0.29, 0.717) is 23.2 Å². The Labute approximate surface area is 146 Å². The largest absolute Gasteiger partial charge is 0.477 e. The van der Waals surface area contributed by atoms with E-state index in [1.54, 1.807) is 0 Å². The van der Waals surface area contributed by atoms with Crippen LogP contribution in [0.1, 0.15) is 29.6 Å². The van der Waals surface area contributed by atoms with E-state index in [4.69, 9.17) is 0 Å². The molecule has 1 atom stereocenters. The summed E-state index contributed by atoms with van der Waals surface area (Å²) in [5.74, 6) is -1.12. The molecule has 1 aromatic carbocycles. The summed E-state index contributed by atoms with van der Waals surface area (Å²) in [5.41, 5.74) is -0.208. The molecule has 9 heteroatoms. The fourth-order valence-electron chi connectivity index (χ4n) is 2.88. The number of carboxylic acid groups (broad SMARTS) is 1. The van der Waals surface area contributed by atoms with Crippen LogP contribution in [0.5, 0.6) is 0 Å². The lowest BCUT2D eigenvalue weighted by molar-refractivity contribution is -0.385. The number of nitrogens with one attached hydrogen (secondary N) is 1. The van der Waals surface area contributed by atoms with Gasteiger partial charge in [-0.05, 0) is 41.3 Å². The average Bonchev–Trinajstić information content (AvgIpc) is 3.27. The number of hydrogen-bond donors (Lipinski definition) is 2. The fraction of sp³-hybridized carbons (Fsp3) is 0.467. The van der Waals surface area contributed by atoms with Crippen LogP contribution in [0.15, 0.2) is 16.6 Å². The summed E-state index contributed by atoms with van der Waals surface area (Å²) in [5, 5.41) is 23.2. The number of carbonyl (C=O) groups is 2. The highest BCUT2D eigenvalue weighted by Gasteiger charge is 2.33. The lowest BCUT2D eigenvalue weighted by atomic mass is 10.1. The highest BCUT2D eigenvalue weighted by molar-refractivity contribution is 9.10. The van der Waals surface area contributed by atoms with E-state index < -0.39 is 16.6 Å². The maximum atomic E-state index is 11.8. The summed E-state index contributed by atoms with van der Waals surface area (Å²) in [7, 11) is 0. The monoisotopic (exact) mass is 397 g/mol. The molecule has 2 fully saturated rings. The van der Waals surface area contributed by atoms with Crippen LogP contribution in [0.4, 0.5) is 11.4 Å². The van der Waals surface area contributed by atoms with Crippen molar-refractivity contribution >= 4 is 39.2 Å². The van der Waals surface area contributed by atoms with Crippen molar-refractivity contribution in [3.63, 3.8) is 0 Å². The fourth-order valence-corrected chi connectivity index (χ4v) is 3.46. The van der Waals surface area contributed by atoms with Gasteiger partial charge in [-0.1, -0.05) is 0 Å². The van der Waals surface area contributed by atoms with Gasteiger partial charge in [0, 0.05) is 35.6 Å². The molecule has 0 radical (unpaired) electrons. The standard InChI is InChI=1S/C15H16BrN3O5/c16-11-6-12(19(23)24)10(15(21)22)5-13(11)18-4-3-9(7-18)17-14(20)8-1-2-8/h5-6,8-9H,1-4,7H2,(H,17,20)(H,21,22)/t9-/m0/s1.